The van der Waals surface area contributed by atoms with E-state index in [-0.39, 0.29) is 12.8 Å². The van der Waals surface area contributed by atoms with E-state index < -0.39 is 47.3 Å². The average molecular weight is 558 g/mol. The maximum Gasteiger partial charge on any atom is 0.408 e. The SMILES string of the molecule is CC(C)(C)OC(=O)N[C@@H](Cc1ccc(OCc2ccccc2)cc1)C(=O)C1C(=O)O[C@H](CCc2ccccc2)C1=O. The first-order valence-electron chi connectivity index (χ1n) is 13.7. The van der Waals surface area contributed by atoms with E-state index in [1.165, 1.54) is 0 Å². The molecule has 1 aliphatic rings. The number of carbonyl (C=O) groups is 4. The van der Waals surface area contributed by atoms with Gasteiger partial charge in [-0.3, -0.25) is 14.4 Å². The molecule has 8 heteroatoms. The second-order valence-corrected chi connectivity index (χ2v) is 11.0. The average Bonchev–Trinajstić information content (AvgIpc) is 3.23. The third kappa shape index (κ3) is 8.51. The van der Waals surface area contributed by atoms with E-state index in [9.17, 15) is 19.2 Å². The van der Waals surface area contributed by atoms with Crippen LogP contribution in [0.2, 0.25) is 0 Å². The van der Waals surface area contributed by atoms with Gasteiger partial charge in [0.2, 0.25) is 0 Å². The highest BCUT2D eigenvalue weighted by Crippen LogP contribution is 2.25. The molecule has 1 saturated heterocycles. The number of ketones is 2. The Morgan fingerprint density at radius 3 is 2.07 bits per heavy atom. The number of carbonyl (C=O) groups excluding carboxylic acids is 4. The summed E-state index contributed by atoms with van der Waals surface area (Å²) in [5.74, 6) is -3.17. The Labute approximate surface area is 240 Å². The van der Waals surface area contributed by atoms with E-state index in [2.05, 4.69) is 5.32 Å². The third-order valence-corrected chi connectivity index (χ3v) is 6.56. The molecule has 0 spiro atoms. The summed E-state index contributed by atoms with van der Waals surface area (Å²) >= 11 is 0. The fourth-order valence-electron chi connectivity index (χ4n) is 4.54. The monoisotopic (exact) mass is 557 g/mol. The van der Waals surface area contributed by atoms with Crippen LogP contribution < -0.4 is 10.1 Å². The molecule has 214 valence electrons. The van der Waals surface area contributed by atoms with Crippen molar-refractivity contribution in [3.63, 3.8) is 0 Å². The van der Waals surface area contributed by atoms with Crippen molar-refractivity contribution in [2.24, 2.45) is 5.92 Å². The Balaban J connectivity index is 1.45. The van der Waals surface area contributed by atoms with E-state index in [0.717, 1.165) is 11.1 Å². The van der Waals surface area contributed by atoms with Crippen molar-refractivity contribution >= 4 is 23.6 Å². The molecule has 1 fully saturated rings. The Morgan fingerprint density at radius 1 is 0.854 bits per heavy atom. The van der Waals surface area contributed by atoms with Crippen molar-refractivity contribution in [3.8, 4) is 5.75 Å². The van der Waals surface area contributed by atoms with Crippen LogP contribution in [0.25, 0.3) is 0 Å². The molecule has 1 amide bonds. The first kappa shape index (κ1) is 29.5. The predicted octanol–water partition coefficient (Wildman–Crippen LogP) is 5.01. The molecule has 0 bridgehead atoms. The van der Waals surface area contributed by atoms with Gasteiger partial charge in [0.05, 0.1) is 6.04 Å². The molecule has 1 N–H and O–H groups in total. The second kappa shape index (κ2) is 13.3. The van der Waals surface area contributed by atoms with Gasteiger partial charge < -0.3 is 19.5 Å². The molecule has 41 heavy (non-hydrogen) atoms. The lowest BCUT2D eigenvalue weighted by molar-refractivity contribution is -0.147. The molecule has 1 heterocycles. The quantitative estimate of drug-likeness (QED) is 0.261. The summed E-state index contributed by atoms with van der Waals surface area (Å²) in [5, 5.41) is 2.57. The molecule has 4 rings (SSSR count). The highest BCUT2D eigenvalue weighted by atomic mass is 16.6. The molecule has 0 aliphatic carbocycles. The summed E-state index contributed by atoms with van der Waals surface area (Å²) in [6, 6.07) is 25.1. The zero-order chi connectivity index (χ0) is 29.4. The van der Waals surface area contributed by atoms with Crippen LogP contribution in [-0.2, 0) is 43.3 Å². The summed E-state index contributed by atoms with van der Waals surface area (Å²) in [4.78, 5) is 52.1. The predicted molar refractivity (Wildman–Crippen MR) is 152 cm³/mol. The lowest BCUT2D eigenvalue weighted by Crippen LogP contribution is -2.49. The molecule has 8 nitrogen and oxygen atoms in total. The van der Waals surface area contributed by atoms with E-state index in [0.29, 0.717) is 24.3 Å². The number of Topliss-reactive ketones (excluding diaryl/α,β-unsaturated/α-hetero) is 2. The Morgan fingerprint density at radius 2 is 1.46 bits per heavy atom. The van der Waals surface area contributed by atoms with E-state index in [1.54, 1.807) is 45.0 Å². The van der Waals surface area contributed by atoms with Crippen molar-refractivity contribution in [2.75, 3.05) is 0 Å². The number of rotatable bonds is 11. The maximum atomic E-state index is 13.6. The number of nitrogens with one attached hydrogen (secondary N) is 1. The molecule has 0 aromatic heterocycles. The minimum atomic E-state index is -1.61. The van der Waals surface area contributed by atoms with Crippen LogP contribution in [0.3, 0.4) is 0 Å². The number of aryl methyl sites for hydroxylation is 1. The summed E-state index contributed by atoms with van der Waals surface area (Å²) in [6.07, 6.45) is -1.00. The molecule has 1 unspecified atom stereocenters. The van der Waals surface area contributed by atoms with Crippen molar-refractivity contribution in [2.45, 2.75) is 64.4 Å². The van der Waals surface area contributed by atoms with Crippen LogP contribution in [-0.4, -0.2) is 41.4 Å². The van der Waals surface area contributed by atoms with E-state index in [1.807, 2.05) is 60.7 Å². The number of ether oxygens (including phenoxy) is 3. The lowest BCUT2D eigenvalue weighted by atomic mass is 9.89. The molecule has 0 radical (unpaired) electrons. The summed E-state index contributed by atoms with van der Waals surface area (Å²) < 4.78 is 16.5. The molecular formula is C33H35NO7. The minimum Gasteiger partial charge on any atom is -0.489 e. The van der Waals surface area contributed by atoms with Gasteiger partial charge >= 0.3 is 12.1 Å². The standard InChI is InChI=1S/C33H35NO7/c1-33(2,3)41-32(38)34-26(20-23-14-17-25(18-15-23)39-21-24-12-8-5-9-13-24)29(35)28-30(36)27(40-31(28)37)19-16-22-10-6-4-7-11-22/h4-15,17-18,26-28H,16,19-21H2,1-3H3,(H,34,38)/t26-,27+,28?/m0/s1. The van der Waals surface area contributed by atoms with Gasteiger partial charge in [-0.05, 0) is 68.9 Å². The van der Waals surface area contributed by atoms with Crippen LogP contribution in [0.15, 0.2) is 84.9 Å². The molecule has 3 aromatic carbocycles. The smallest absolute Gasteiger partial charge is 0.408 e. The largest absolute Gasteiger partial charge is 0.489 e. The molecule has 3 aromatic rings. The molecule has 3 atom stereocenters. The number of esters is 1. The van der Waals surface area contributed by atoms with E-state index in [4.69, 9.17) is 14.2 Å². The minimum absolute atomic E-state index is 0.0444. The first-order valence-corrected chi connectivity index (χ1v) is 13.7. The fourth-order valence-corrected chi connectivity index (χ4v) is 4.54. The van der Waals surface area contributed by atoms with Crippen molar-refractivity contribution < 1.29 is 33.4 Å². The maximum absolute atomic E-state index is 13.6. The van der Waals surface area contributed by atoms with Gasteiger partial charge in [-0.25, -0.2) is 4.79 Å². The summed E-state index contributed by atoms with van der Waals surface area (Å²) in [5.41, 5.74) is 1.91. The number of benzene rings is 3. The van der Waals surface area contributed by atoms with Gasteiger partial charge in [-0.1, -0.05) is 72.8 Å². The highest BCUT2D eigenvalue weighted by molar-refractivity contribution is 6.23. The highest BCUT2D eigenvalue weighted by Gasteiger charge is 2.49. The van der Waals surface area contributed by atoms with Crippen LogP contribution in [0.4, 0.5) is 4.79 Å². The van der Waals surface area contributed by atoms with Gasteiger partial charge in [-0.15, -0.1) is 0 Å². The van der Waals surface area contributed by atoms with Crippen LogP contribution in [0.1, 0.15) is 43.9 Å². The van der Waals surface area contributed by atoms with Crippen molar-refractivity contribution in [3.05, 3.63) is 102 Å². The number of hydrogen-bond donors (Lipinski definition) is 1. The van der Waals surface area contributed by atoms with Crippen LogP contribution in [0.5, 0.6) is 5.75 Å². The lowest BCUT2D eigenvalue weighted by Gasteiger charge is -2.24. The van der Waals surface area contributed by atoms with Gasteiger partial charge in [-0.2, -0.15) is 0 Å². The normalized spacial score (nSPS) is 17.4. The first-order chi connectivity index (χ1) is 19.6. The zero-order valence-electron chi connectivity index (χ0n) is 23.5. The zero-order valence-corrected chi connectivity index (χ0v) is 23.5. The summed E-state index contributed by atoms with van der Waals surface area (Å²) in [7, 11) is 0. The van der Waals surface area contributed by atoms with Crippen LogP contribution >= 0.6 is 0 Å². The van der Waals surface area contributed by atoms with Gasteiger partial charge in [0.15, 0.2) is 23.6 Å². The fraction of sp³-hybridized carbons (Fsp3) is 0.333. The van der Waals surface area contributed by atoms with Gasteiger partial charge in [0.25, 0.3) is 0 Å². The van der Waals surface area contributed by atoms with Crippen molar-refractivity contribution in [1.29, 1.82) is 0 Å². The number of alkyl carbamates (subject to hydrolysis) is 1. The Hall–Kier alpha value is -4.46. The Kier molecular flexibility index (Phi) is 9.55. The topological polar surface area (TPSA) is 108 Å². The number of hydrogen-bond acceptors (Lipinski definition) is 7. The number of cyclic esters (lactones) is 1. The van der Waals surface area contributed by atoms with Crippen molar-refractivity contribution in [1.82, 2.24) is 5.32 Å². The molecule has 1 aliphatic heterocycles. The van der Waals surface area contributed by atoms with Crippen LogP contribution in [0, 0.1) is 5.92 Å². The van der Waals surface area contributed by atoms with Gasteiger partial charge in [0, 0.05) is 0 Å². The Bertz CT molecular complexity index is 1350. The molecule has 0 saturated carbocycles. The number of amides is 1. The third-order valence-electron chi connectivity index (χ3n) is 6.56. The van der Waals surface area contributed by atoms with E-state index >= 15 is 0 Å². The second-order valence-electron chi connectivity index (χ2n) is 11.0. The summed E-state index contributed by atoms with van der Waals surface area (Å²) in [6.45, 7) is 5.51. The molecular weight excluding hydrogens is 522 g/mol. The van der Waals surface area contributed by atoms with Gasteiger partial charge in [0.1, 0.15) is 18.0 Å².